The van der Waals surface area contributed by atoms with Gasteiger partial charge in [-0.25, -0.2) is 0 Å². The van der Waals surface area contributed by atoms with Crippen molar-refractivity contribution in [1.29, 1.82) is 0 Å². The molecule has 1 aliphatic heterocycles. The first-order chi connectivity index (χ1) is 6.41. The molecule has 13 heavy (non-hydrogen) atoms. The fourth-order valence-corrected chi connectivity index (χ4v) is 2.79. The summed E-state index contributed by atoms with van der Waals surface area (Å²) in [6.45, 7) is 1.20. The topological polar surface area (TPSA) is 12.0 Å². The van der Waals surface area contributed by atoms with Gasteiger partial charge in [0.25, 0.3) is 0 Å². The maximum atomic E-state index is 3.62. The highest BCUT2D eigenvalue weighted by atomic mass is 15.0. The summed E-state index contributed by atoms with van der Waals surface area (Å²) < 4.78 is 0. The number of aryl methyl sites for hydroxylation is 1. The number of hydrogen-bond acceptors (Lipinski definition) is 1. The molecule has 0 unspecified atom stereocenters. The van der Waals surface area contributed by atoms with Gasteiger partial charge in [0.1, 0.15) is 0 Å². The average Bonchev–Trinajstić information content (AvgIpc) is 2.14. The quantitative estimate of drug-likeness (QED) is 0.634. The molecule has 2 aliphatic rings. The van der Waals surface area contributed by atoms with Gasteiger partial charge in [-0.05, 0) is 43.4 Å². The molecule has 68 valence electrons. The predicted octanol–water partition coefficient (Wildman–Crippen LogP) is 2.21. The van der Waals surface area contributed by atoms with E-state index in [0.29, 0.717) is 5.54 Å². The lowest BCUT2D eigenvalue weighted by atomic mass is 9.71. The Hall–Kier alpha value is -0.820. The first-order valence-electron chi connectivity index (χ1n) is 5.24. The Bertz CT molecular complexity index is 326. The van der Waals surface area contributed by atoms with Gasteiger partial charge in [-0.15, -0.1) is 0 Å². The summed E-state index contributed by atoms with van der Waals surface area (Å²) in [5.74, 6) is 0. The van der Waals surface area contributed by atoms with E-state index < -0.39 is 0 Å². The molecule has 1 N–H and O–H groups in total. The molecule has 1 spiro atoms. The summed E-state index contributed by atoms with van der Waals surface area (Å²) in [5.41, 5.74) is 3.53. The van der Waals surface area contributed by atoms with Crippen LogP contribution in [-0.2, 0) is 12.0 Å². The number of nitrogens with one attached hydrogen (secondary N) is 1. The second kappa shape index (κ2) is 2.58. The van der Waals surface area contributed by atoms with Crippen molar-refractivity contribution < 1.29 is 0 Å². The number of hydrogen-bond donors (Lipinski definition) is 1. The standard InChI is InChI=1S/C12H15N/c1-2-6-11-10(4-1)5-3-7-12(11)8-9-13-12/h1-2,4,6,13H,3,5,7-9H2/t12-/m0/s1. The molecule has 1 heterocycles. The SMILES string of the molecule is c1ccc2c(c1)CCC[C@]21CCN1. The first-order valence-corrected chi connectivity index (χ1v) is 5.24. The Morgan fingerprint density at radius 2 is 2.00 bits per heavy atom. The van der Waals surface area contributed by atoms with Crippen LogP contribution >= 0.6 is 0 Å². The van der Waals surface area contributed by atoms with E-state index in [2.05, 4.69) is 29.6 Å². The molecule has 1 aromatic carbocycles. The van der Waals surface area contributed by atoms with Gasteiger partial charge in [0.15, 0.2) is 0 Å². The van der Waals surface area contributed by atoms with Gasteiger partial charge >= 0.3 is 0 Å². The maximum absolute atomic E-state index is 3.62. The van der Waals surface area contributed by atoms with Crippen molar-refractivity contribution >= 4 is 0 Å². The highest BCUT2D eigenvalue weighted by Gasteiger charge is 2.40. The molecule has 3 rings (SSSR count). The van der Waals surface area contributed by atoms with Crippen LogP contribution in [0, 0.1) is 0 Å². The minimum atomic E-state index is 0.384. The number of fused-ring (bicyclic) bond motifs is 2. The minimum absolute atomic E-state index is 0.384. The van der Waals surface area contributed by atoms with Gasteiger partial charge in [0.05, 0.1) is 0 Å². The number of rotatable bonds is 0. The Morgan fingerprint density at radius 3 is 2.77 bits per heavy atom. The average molecular weight is 173 g/mol. The van der Waals surface area contributed by atoms with Crippen LogP contribution in [0.1, 0.15) is 30.4 Å². The molecule has 0 amide bonds. The summed E-state index contributed by atoms with van der Waals surface area (Å²) >= 11 is 0. The highest BCUT2D eigenvalue weighted by Crippen LogP contribution is 2.41. The van der Waals surface area contributed by atoms with Crippen LogP contribution in [0.5, 0.6) is 0 Å². The summed E-state index contributed by atoms with van der Waals surface area (Å²) in [6, 6.07) is 8.93. The third-order valence-corrected chi connectivity index (χ3v) is 3.60. The second-order valence-corrected chi connectivity index (χ2v) is 4.27. The Kier molecular flexibility index (Phi) is 1.50. The van der Waals surface area contributed by atoms with E-state index in [1.807, 2.05) is 0 Å². The monoisotopic (exact) mass is 173 g/mol. The molecular formula is C12H15N. The fraction of sp³-hybridized carbons (Fsp3) is 0.500. The van der Waals surface area contributed by atoms with Crippen molar-refractivity contribution in [3.05, 3.63) is 35.4 Å². The van der Waals surface area contributed by atoms with Gasteiger partial charge in [-0.2, -0.15) is 0 Å². The summed E-state index contributed by atoms with van der Waals surface area (Å²) in [7, 11) is 0. The molecule has 1 nitrogen and oxygen atoms in total. The van der Waals surface area contributed by atoms with Gasteiger partial charge in [0.2, 0.25) is 0 Å². The van der Waals surface area contributed by atoms with E-state index in [4.69, 9.17) is 0 Å². The van der Waals surface area contributed by atoms with Crippen molar-refractivity contribution in [2.24, 2.45) is 0 Å². The van der Waals surface area contributed by atoms with Crippen LogP contribution < -0.4 is 5.32 Å². The van der Waals surface area contributed by atoms with E-state index in [-0.39, 0.29) is 0 Å². The van der Waals surface area contributed by atoms with Crippen molar-refractivity contribution in [3.8, 4) is 0 Å². The van der Waals surface area contributed by atoms with Gasteiger partial charge in [-0.1, -0.05) is 24.3 Å². The van der Waals surface area contributed by atoms with Crippen molar-refractivity contribution in [2.45, 2.75) is 31.2 Å². The van der Waals surface area contributed by atoms with Gasteiger partial charge in [-0.3, -0.25) is 0 Å². The molecule has 1 heteroatoms. The zero-order chi connectivity index (χ0) is 8.73. The minimum Gasteiger partial charge on any atom is -0.307 e. The lowest BCUT2D eigenvalue weighted by Crippen LogP contribution is -2.55. The summed E-state index contributed by atoms with van der Waals surface area (Å²) in [5, 5.41) is 3.62. The van der Waals surface area contributed by atoms with E-state index in [1.165, 1.54) is 32.2 Å². The lowest BCUT2D eigenvalue weighted by molar-refractivity contribution is 0.178. The first kappa shape index (κ1) is 7.57. The smallest absolute Gasteiger partial charge is 0.0449 e. The molecule has 1 saturated heterocycles. The van der Waals surface area contributed by atoms with E-state index >= 15 is 0 Å². The van der Waals surface area contributed by atoms with Crippen molar-refractivity contribution in [1.82, 2.24) is 5.32 Å². The highest BCUT2D eigenvalue weighted by molar-refractivity contribution is 5.37. The summed E-state index contributed by atoms with van der Waals surface area (Å²) in [6.07, 6.45) is 5.30. The van der Waals surface area contributed by atoms with Crippen LogP contribution in [0.4, 0.5) is 0 Å². The number of benzene rings is 1. The van der Waals surface area contributed by atoms with E-state index in [9.17, 15) is 0 Å². The zero-order valence-electron chi connectivity index (χ0n) is 7.84. The molecule has 1 atom stereocenters. The molecule has 1 fully saturated rings. The van der Waals surface area contributed by atoms with Crippen LogP contribution in [0.25, 0.3) is 0 Å². The Morgan fingerprint density at radius 1 is 1.15 bits per heavy atom. The zero-order valence-corrected chi connectivity index (χ0v) is 7.84. The third-order valence-electron chi connectivity index (χ3n) is 3.60. The molecule has 0 bridgehead atoms. The third kappa shape index (κ3) is 0.969. The molecule has 0 aromatic heterocycles. The van der Waals surface area contributed by atoms with Crippen LogP contribution in [-0.4, -0.2) is 6.54 Å². The van der Waals surface area contributed by atoms with Gasteiger partial charge in [0, 0.05) is 5.54 Å². The van der Waals surface area contributed by atoms with Crippen LogP contribution in [0.3, 0.4) is 0 Å². The van der Waals surface area contributed by atoms with Crippen LogP contribution in [0.2, 0.25) is 0 Å². The van der Waals surface area contributed by atoms with Crippen molar-refractivity contribution in [3.63, 3.8) is 0 Å². The largest absolute Gasteiger partial charge is 0.307 e. The maximum Gasteiger partial charge on any atom is 0.0449 e. The lowest BCUT2D eigenvalue weighted by Gasteiger charge is -2.47. The Balaban J connectivity index is 2.11. The van der Waals surface area contributed by atoms with E-state index in [1.54, 1.807) is 11.1 Å². The summed E-state index contributed by atoms with van der Waals surface area (Å²) in [4.78, 5) is 0. The van der Waals surface area contributed by atoms with Gasteiger partial charge < -0.3 is 5.32 Å². The fourth-order valence-electron chi connectivity index (χ4n) is 2.79. The Labute approximate surface area is 79.2 Å². The normalized spacial score (nSPS) is 31.1. The molecule has 1 aliphatic carbocycles. The molecule has 1 aromatic rings. The molecule has 0 saturated carbocycles. The molecular weight excluding hydrogens is 158 g/mol. The second-order valence-electron chi connectivity index (χ2n) is 4.27. The van der Waals surface area contributed by atoms with Crippen molar-refractivity contribution in [2.75, 3.05) is 6.54 Å². The molecule has 0 radical (unpaired) electrons. The predicted molar refractivity (Wildman–Crippen MR) is 53.7 cm³/mol. The van der Waals surface area contributed by atoms with Crippen LogP contribution in [0.15, 0.2) is 24.3 Å². The van der Waals surface area contributed by atoms with E-state index in [0.717, 1.165) is 0 Å².